The number of aliphatic hydroxyl groups is 1. The van der Waals surface area contributed by atoms with Crippen molar-refractivity contribution in [3.8, 4) is 34.1 Å². The van der Waals surface area contributed by atoms with Crippen LogP contribution in [0, 0.1) is 12.7 Å². The second kappa shape index (κ2) is 12.1. The third kappa shape index (κ3) is 8.26. The predicted octanol–water partition coefficient (Wildman–Crippen LogP) is 4.56. The molecular formula is C28H19B2F4N3O6. The molecule has 4 N–H and O–H groups in total. The largest absolute Gasteiger partial charge is 0.573 e. The van der Waals surface area contributed by atoms with Gasteiger partial charge in [0.05, 0.1) is 0 Å². The number of pyridine rings is 1. The molecule has 1 aromatic heterocycles. The average molecular weight is 591 g/mol. The number of alkyl halides is 3. The lowest BCUT2D eigenvalue weighted by Gasteiger charge is -2.24. The van der Waals surface area contributed by atoms with Crippen LogP contribution in [0.4, 0.5) is 23.2 Å². The minimum atomic E-state index is -5.08. The minimum absolute atomic E-state index is 0.0377. The number of aromatic nitrogens is 1. The van der Waals surface area contributed by atoms with Gasteiger partial charge in [-0.15, -0.1) is 13.2 Å². The monoisotopic (exact) mass is 591 g/mol. The van der Waals surface area contributed by atoms with E-state index in [9.17, 15) is 27.9 Å². The van der Waals surface area contributed by atoms with Gasteiger partial charge in [-0.2, -0.15) is 0 Å². The molecule has 0 atom stereocenters. The molecule has 43 heavy (non-hydrogen) atoms. The lowest BCUT2D eigenvalue weighted by atomic mass is 9.76. The summed E-state index contributed by atoms with van der Waals surface area (Å²) in [6, 6.07) is 14.2. The van der Waals surface area contributed by atoms with Crippen molar-refractivity contribution in [1.82, 2.24) is 4.98 Å². The Balaban J connectivity index is 1.82. The predicted molar refractivity (Wildman–Crippen MR) is 148 cm³/mol. The average Bonchev–Trinajstić information content (AvgIpc) is 2.88. The molecule has 4 radical (unpaired) electrons. The van der Waals surface area contributed by atoms with Gasteiger partial charge in [-0.05, 0) is 54.4 Å². The molecule has 0 unspecified atom stereocenters. The van der Waals surface area contributed by atoms with Crippen LogP contribution in [0.1, 0.15) is 26.4 Å². The molecule has 2 amide bonds. The second-order valence-electron chi connectivity index (χ2n) is 9.06. The van der Waals surface area contributed by atoms with Gasteiger partial charge in [0, 0.05) is 18.0 Å². The van der Waals surface area contributed by atoms with Crippen molar-refractivity contribution in [3.63, 3.8) is 0 Å². The summed E-state index contributed by atoms with van der Waals surface area (Å²) in [7, 11) is 10.5. The number of aryl methyl sites for hydroxylation is 1. The fourth-order valence-corrected chi connectivity index (χ4v) is 3.78. The quantitative estimate of drug-likeness (QED) is 0.148. The Morgan fingerprint density at radius 2 is 1.60 bits per heavy atom. The third-order valence-corrected chi connectivity index (χ3v) is 5.58. The molecular weight excluding hydrogens is 572 g/mol. The molecule has 15 heteroatoms. The lowest BCUT2D eigenvalue weighted by Crippen LogP contribution is -2.36. The Morgan fingerprint density at radius 3 is 2.23 bits per heavy atom. The fraction of sp³-hybridized carbons (Fsp3) is 0.107. The number of nitrogens with two attached hydrogens (primary N) is 1. The number of benzene rings is 3. The highest BCUT2D eigenvalue weighted by atomic mass is 19.4. The standard InChI is InChI=1S/C28H19B2F4N3O6/c1-14-2-4-15(5-3-14)16-10-19(31)24(26(39)37-17-8-9-36-20(12-17)25(35)38)23(11-16)41-21-7-6-18(42-28(32,33)34)13-22(21)43-27(29,30)40/h2-13,40H,1H3,(H2,35,38)(H,36,37,39). The van der Waals surface area contributed by atoms with Gasteiger partial charge >= 0.3 is 6.36 Å². The van der Waals surface area contributed by atoms with E-state index in [2.05, 4.69) is 15.0 Å². The zero-order valence-corrected chi connectivity index (χ0v) is 22.1. The van der Waals surface area contributed by atoms with E-state index in [4.69, 9.17) is 30.9 Å². The number of halogens is 4. The zero-order valence-electron chi connectivity index (χ0n) is 22.1. The maximum absolute atomic E-state index is 15.7. The molecule has 3 aromatic carbocycles. The first-order chi connectivity index (χ1) is 20.1. The first-order valence-corrected chi connectivity index (χ1v) is 12.1. The number of ether oxygens (including phenoxy) is 3. The first-order valence-electron chi connectivity index (χ1n) is 12.1. The van der Waals surface area contributed by atoms with Crippen LogP contribution in [-0.2, 0) is 0 Å². The van der Waals surface area contributed by atoms with Crippen molar-refractivity contribution in [2.75, 3.05) is 5.32 Å². The molecule has 4 rings (SSSR count). The first kappa shape index (κ1) is 30.9. The van der Waals surface area contributed by atoms with Crippen LogP contribution < -0.4 is 25.3 Å². The van der Waals surface area contributed by atoms with E-state index in [0.717, 1.165) is 29.8 Å². The molecule has 0 fully saturated rings. The van der Waals surface area contributed by atoms with Crippen molar-refractivity contribution < 1.29 is 46.5 Å². The van der Waals surface area contributed by atoms with Gasteiger partial charge < -0.3 is 30.4 Å². The lowest BCUT2D eigenvalue weighted by molar-refractivity contribution is -0.274. The minimum Gasteiger partial charge on any atom is -0.478 e. The highest BCUT2D eigenvalue weighted by molar-refractivity contribution is 6.37. The van der Waals surface area contributed by atoms with Crippen LogP contribution in [-0.4, -0.2) is 49.5 Å². The molecule has 0 aliphatic carbocycles. The maximum Gasteiger partial charge on any atom is 0.573 e. The Morgan fingerprint density at radius 1 is 0.907 bits per heavy atom. The van der Waals surface area contributed by atoms with Crippen molar-refractivity contribution in [2.24, 2.45) is 5.73 Å². The highest BCUT2D eigenvalue weighted by Gasteiger charge is 2.32. The summed E-state index contributed by atoms with van der Waals surface area (Å²) < 4.78 is 68.7. The Hall–Kier alpha value is -5.04. The molecule has 9 nitrogen and oxygen atoms in total. The van der Waals surface area contributed by atoms with Crippen LogP contribution >= 0.6 is 0 Å². The van der Waals surface area contributed by atoms with Crippen LogP contribution in [0.15, 0.2) is 72.9 Å². The van der Waals surface area contributed by atoms with Gasteiger partial charge in [0.1, 0.15) is 34.2 Å². The van der Waals surface area contributed by atoms with E-state index in [1.165, 1.54) is 18.3 Å². The number of carbonyl (C=O) groups excluding carboxylic acids is 2. The number of carbonyl (C=O) groups is 2. The SMILES string of the molecule is [B]C([B])(O)Oc1cc(OC(F)(F)F)ccc1Oc1cc(-c2ccc(C)cc2)cc(F)c1C(=O)Nc1ccnc(C(N)=O)c1. The van der Waals surface area contributed by atoms with E-state index >= 15 is 4.39 Å². The number of hydrogen-bond acceptors (Lipinski definition) is 7. The van der Waals surface area contributed by atoms with Crippen molar-refractivity contribution in [3.05, 3.63) is 95.6 Å². The normalized spacial score (nSPS) is 11.5. The van der Waals surface area contributed by atoms with Crippen LogP contribution in [0.2, 0.25) is 0 Å². The molecule has 0 aliphatic rings. The summed E-state index contributed by atoms with van der Waals surface area (Å²) in [5, 5.41) is 12.2. The van der Waals surface area contributed by atoms with Gasteiger partial charge in [-0.25, -0.2) is 4.39 Å². The van der Waals surface area contributed by atoms with Crippen molar-refractivity contribution >= 4 is 33.2 Å². The van der Waals surface area contributed by atoms with Gasteiger partial charge in [-0.3, -0.25) is 14.6 Å². The molecule has 1 heterocycles. The summed E-state index contributed by atoms with van der Waals surface area (Å²) in [6.45, 7) is 1.85. The fourth-order valence-electron chi connectivity index (χ4n) is 3.78. The number of amides is 2. The number of rotatable bonds is 9. The summed E-state index contributed by atoms with van der Waals surface area (Å²) in [5.41, 5.74) is 3.27. The zero-order chi connectivity index (χ0) is 31.5. The van der Waals surface area contributed by atoms with E-state index in [0.29, 0.717) is 11.6 Å². The smallest absolute Gasteiger partial charge is 0.478 e. The van der Waals surface area contributed by atoms with Crippen molar-refractivity contribution in [2.45, 2.75) is 18.9 Å². The molecule has 4 aromatic rings. The molecule has 0 saturated heterocycles. The van der Waals surface area contributed by atoms with E-state index in [1.807, 2.05) is 6.92 Å². The van der Waals surface area contributed by atoms with E-state index in [-0.39, 0.29) is 16.9 Å². The number of hydrogen-bond donors (Lipinski definition) is 3. The third-order valence-electron chi connectivity index (χ3n) is 5.58. The van der Waals surface area contributed by atoms with Crippen LogP contribution in [0.5, 0.6) is 23.0 Å². The van der Waals surface area contributed by atoms with Gasteiger partial charge in [0.15, 0.2) is 27.2 Å². The number of anilines is 1. The Bertz CT molecular complexity index is 1680. The molecule has 0 saturated carbocycles. The number of nitrogens with zero attached hydrogens (tertiary/aromatic N) is 1. The highest BCUT2D eigenvalue weighted by Crippen LogP contribution is 2.40. The summed E-state index contributed by atoms with van der Waals surface area (Å²) in [4.78, 5) is 28.6. The Labute approximate surface area is 244 Å². The van der Waals surface area contributed by atoms with Crippen molar-refractivity contribution in [1.29, 1.82) is 0 Å². The molecule has 216 valence electrons. The van der Waals surface area contributed by atoms with Gasteiger partial charge in [0.2, 0.25) is 0 Å². The van der Waals surface area contributed by atoms with E-state index in [1.54, 1.807) is 24.3 Å². The number of primary amides is 1. The van der Waals surface area contributed by atoms with Gasteiger partial charge in [0.25, 0.3) is 11.8 Å². The molecule has 0 aliphatic heterocycles. The van der Waals surface area contributed by atoms with Crippen LogP contribution in [0.25, 0.3) is 11.1 Å². The summed E-state index contributed by atoms with van der Waals surface area (Å²) in [6.07, 6.45) is -3.89. The maximum atomic E-state index is 15.7. The molecule has 0 spiro atoms. The molecule has 0 bridgehead atoms. The van der Waals surface area contributed by atoms with Crippen LogP contribution in [0.3, 0.4) is 0 Å². The van der Waals surface area contributed by atoms with E-state index < -0.39 is 58.1 Å². The summed E-state index contributed by atoms with van der Waals surface area (Å²) >= 11 is 0. The topological polar surface area (TPSA) is 133 Å². The van der Waals surface area contributed by atoms with Gasteiger partial charge in [-0.1, -0.05) is 29.8 Å². The Kier molecular flexibility index (Phi) is 8.67. The second-order valence-corrected chi connectivity index (χ2v) is 9.06. The summed E-state index contributed by atoms with van der Waals surface area (Å²) in [5.74, 6) is -5.27. The number of nitrogens with one attached hydrogen (secondary N) is 1.